The highest BCUT2D eigenvalue weighted by molar-refractivity contribution is 8.01. The third kappa shape index (κ3) is 4.72. The first-order chi connectivity index (χ1) is 9.85. The van der Waals surface area contributed by atoms with Gasteiger partial charge in [-0.2, -0.15) is 0 Å². The maximum atomic E-state index is 9.12. The second-order valence-electron chi connectivity index (χ2n) is 4.62. The maximum Gasteiger partial charge on any atom is 0.0855 e. The number of thioether (sulfide) groups is 1. The minimum Gasteiger partial charge on any atom is -0.396 e. The maximum absolute atomic E-state index is 9.12. The molecule has 4 nitrogen and oxygen atoms in total. The van der Waals surface area contributed by atoms with E-state index in [2.05, 4.69) is 11.4 Å². The lowest BCUT2D eigenvalue weighted by Crippen LogP contribution is -2.20. The number of aliphatic hydroxyl groups is 1. The summed E-state index contributed by atoms with van der Waals surface area (Å²) in [4.78, 5) is 0. The molecule has 0 aliphatic carbocycles. The molecule has 2 heterocycles. The van der Waals surface area contributed by atoms with Crippen molar-refractivity contribution >= 4 is 23.1 Å². The fourth-order valence-corrected chi connectivity index (χ4v) is 4.78. The van der Waals surface area contributed by atoms with Gasteiger partial charge in [-0.1, -0.05) is 0 Å². The fourth-order valence-electron chi connectivity index (χ4n) is 2.18. The minimum atomic E-state index is 0.139. The van der Waals surface area contributed by atoms with Crippen LogP contribution < -0.4 is 0 Å². The molecule has 1 aromatic rings. The first kappa shape index (κ1) is 16.3. The van der Waals surface area contributed by atoms with Crippen molar-refractivity contribution in [1.29, 1.82) is 0 Å². The summed E-state index contributed by atoms with van der Waals surface area (Å²) in [5, 5.41) is 11.7. The SMILES string of the molecule is COCCOCCOC1CC(CCO)Sc2sccc21. The number of hydrogen-bond donors (Lipinski definition) is 1. The predicted molar refractivity (Wildman–Crippen MR) is 81.7 cm³/mol. The molecule has 0 saturated heterocycles. The van der Waals surface area contributed by atoms with Crippen LogP contribution in [0.15, 0.2) is 15.7 Å². The van der Waals surface area contributed by atoms with Gasteiger partial charge in [-0.05, 0) is 24.3 Å². The summed E-state index contributed by atoms with van der Waals surface area (Å²) < 4.78 is 17.6. The second-order valence-corrected chi connectivity index (χ2v) is 7.10. The lowest BCUT2D eigenvalue weighted by Gasteiger charge is -2.28. The Hall–Kier alpha value is -0.110. The van der Waals surface area contributed by atoms with Gasteiger partial charge in [-0.3, -0.25) is 0 Å². The molecule has 0 amide bonds. The van der Waals surface area contributed by atoms with Crippen LogP contribution in [-0.2, 0) is 14.2 Å². The van der Waals surface area contributed by atoms with Gasteiger partial charge in [-0.15, -0.1) is 23.1 Å². The monoisotopic (exact) mass is 318 g/mol. The van der Waals surface area contributed by atoms with Crippen LogP contribution in [0.4, 0.5) is 0 Å². The van der Waals surface area contributed by atoms with E-state index in [-0.39, 0.29) is 12.7 Å². The molecule has 0 aromatic carbocycles. The third-order valence-corrected chi connectivity index (χ3v) is 5.70. The van der Waals surface area contributed by atoms with E-state index in [0.29, 0.717) is 31.7 Å². The Morgan fingerprint density at radius 2 is 2.15 bits per heavy atom. The van der Waals surface area contributed by atoms with Crippen molar-refractivity contribution in [3.8, 4) is 0 Å². The fraction of sp³-hybridized carbons (Fsp3) is 0.714. The lowest BCUT2D eigenvalue weighted by atomic mass is 10.1. The molecule has 0 radical (unpaired) electrons. The summed E-state index contributed by atoms with van der Waals surface area (Å²) in [5.74, 6) is 0. The van der Waals surface area contributed by atoms with E-state index in [1.54, 1.807) is 18.4 Å². The number of thiophene rings is 1. The molecule has 0 bridgehead atoms. The molecule has 1 aliphatic heterocycles. The van der Waals surface area contributed by atoms with Crippen molar-refractivity contribution < 1.29 is 19.3 Å². The average Bonchev–Trinajstić information content (AvgIpc) is 2.91. The van der Waals surface area contributed by atoms with Crippen LogP contribution in [0.3, 0.4) is 0 Å². The van der Waals surface area contributed by atoms with E-state index in [0.717, 1.165) is 12.8 Å². The summed E-state index contributed by atoms with van der Waals surface area (Å²) in [6.45, 7) is 2.66. The number of aliphatic hydroxyl groups excluding tert-OH is 1. The van der Waals surface area contributed by atoms with Crippen molar-refractivity contribution in [2.24, 2.45) is 0 Å². The summed E-state index contributed by atoms with van der Waals surface area (Å²) >= 11 is 3.64. The molecular weight excluding hydrogens is 296 g/mol. The van der Waals surface area contributed by atoms with Crippen molar-refractivity contribution in [3.63, 3.8) is 0 Å². The van der Waals surface area contributed by atoms with Crippen molar-refractivity contribution in [2.75, 3.05) is 40.1 Å². The molecule has 2 rings (SSSR count). The quantitative estimate of drug-likeness (QED) is 0.710. The van der Waals surface area contributed by atoms with Gasteiger partial charge >= 0.3 is 0 Å². The van der Waals surface area contributed by atoms with Gasteiger partial charge in [0.1, 0.15) is 0 Å². The van der Waals surface area contributed by atoms with Gasteiger partial charge in [-0.25, -0.2) is 0 Å². The van der Waals surface area contributed by atoms with Crippen LogP contribution in [0.25, 0.3) is 0 Å². The number of ether oxygens (including phenoxy) is 3. The molecular formula is C14H22O4S2. The van der Waals surface area contributed by atoms with Crippen molar-refractivity contribution in [2.45, 2.75) is 28.4 Å². The zero-order valence-corrected chi connectivity index (χ0v) is 13.4. The Morgan fingerprint density at radius 1 is 1.30 bits per heavy atom. The largest absolute Gasteiger partial charge is 0.396 e. The number of rotatable bonds is 9. The van der Waals surface area contributed by atoms with Gasteiger partial charge < -0.3 is 19.3 Å². The molecule has 20 heavy (non-hydrogen) atoms. The van der Waals surface area contributed by atoms with E-state index in [9.17, 15) is 0 Å². The Kier molecular flexibility index (Phi) is 7.33. The van der Waals surface area contributed by atoms with Gasteiger partial charge in [0.25, 0.3) is 0 Å². The molecule has 1 aromatic heterocycles. The first-order valence-corrected chi connectivity index (χ1v) is 8.64. The Labute approximate surface area is 128 Å². The molecule has 2 atom stereocenters. The minimum absolute atomic E-state index is 0.139. The molecule has 0 saturated carbocycles. The highest BCUT2D eigenvalue weighted by atomic mass is 32.2. The zero-order chi connectivity index (χ0) is 14.2. The average molecular weight is 318 g/mol. The number of hydrogen-bond acceptors (Lipinski definition) is 6. The standard InChI is InChI=1S/C14H22O4S2/c1-16-5-6-17-7-8-18-13-10-11(2-4-15)20-14-12(13)3-9-19-14/h3,9,11,13,15H,2,4-8,10H2,1H3. The summed E-state index contributed by atoms with van der Waals surface area (Å²) in [7, 11) is 1.67. The normalized spacial score (nSPS) is 21.9. The summed E-state index contributed by atoms with van der Waals surface area (Å²) in [6, 6.07) is 2.15. The van der Waals surface area contributed by atoms with E-state index >= 15 is 0 Å². The highest BCUT2D eigenvalue weighted by Gasteiger charge is 2.28. The number of fused-ring (bicyclic) bond motifs is 1. The zero-order valence-electron chi connectivity index (χ0n) is 11.7. The Morgan fingerprint density at radius 3 is 2.95 bits per heavy atom. The topological polar surface area (TPSA) is 47.9 Å². The molecule has 2 unspecified atom stereocenters. The van der Waals surface area contributed by atoms with Crippen molar-refractivity contribution in [1.82, 2.24) is 0 Å². The van der Waals surface area contributed by atoms with Crippen LogP contribution in [0.1, 0.15) is 24.5 Å². The smallest absolute Gasteiger partial charge is 0.0855 e. The Balaban J connectivity index is 1.78. The molecule has 0 spiro atoms. The van der Waals surface area contributed by atoms with Gasteiger partial charge in [0, 0.05) is 24.5 Å². The molecule has 6 heteroatoms. The van der Waals surface area contributed by atoms with Crippen molar-refractivity contribution in [3.05, 3.63) is 17.0 Å². The van der Waals surface area contributed by atoms with E-state index in [1.807, 2.05) is 11.8 Å². The van der Waals surface area contributed by atoms with Crippen LogP contribution in [0.5, 0.6) is 0 Å². The van der Waals surface area contributed by atoms with Crippen LogP contribution in [0.2, 0.25) is 0 Å². The lowest BCUT2D eigenvalue weighted by molar-refractivity contribution is -0.0119. The summed E-state index contributed by atoms with van der Waals surface area (Å²) in [5.41, 5.74) is 1.30. The Bertz CT molecular complexity index is 383. The van der Waals surface area contributed by atoms with Gasteiger partial charge in [0.05, 0.1) is 36.7 Å². The first-order valence-electron chi connectivity index (χ1n) is 6.88. The van der Waals surface area contributed by atoms with Gasteiger partial charge in [0.2, 0.25) is 0 Å². The van der Waals surface area contributed by atoms with Crippen LogP contribution in [0, 0.1) is 0 Å². The third-order valence-electron chi connectivity index (χ3n) is 3.19. The van der Waals surface area contributed by atoms with E-state index in [1.165, 1.54) is 9.77 Å². The van der Waals surface area contributed by atoms with Crippen LogP contribution >= 0.6 is 23.1 Å². The highest BCUT2D eigenvalue weighted by Crippen LogP contribution is 2.46. The number of methoxy groups -OCH3 is 1. The second kappa shape index (κ2) is 9.02. The van der Waals surface area contributed by atoms with E-state index in [4.69, 9.17) is 19.3 Å². The molecule has 114 valence electrons. The van der Waals surface area contributed by atoms with Gasteiger partial charge in [0.15, 0.2) is 0 Å². The molecule has 0 fully saturated rings. The van der Waals surface area contributed by atoms with E-state index < -0.39 is 0 Å². The molecule has 1 aliphatic rings. The molecule has 1 N–H and O–H groups in total. The predicted octanol–water partition coefficient (Wildman–Crippen LogP) is 2.72. The van der Waals surface area contributed by atoms with Crippen LogP contribution in [-0.4, -0.2) is 50.5 Å². The summed E-state index contributed by atoms with van der Waals surface area (Å²) in [6.07, 6.45) is 1.93.